The fraction of sp³-hybridized carbons (Fsp3) is 0.939. The van der Waals surface area contributed by atoms with Gasteiger partial charge in [0.05, 0.1) is 78.8 Å². The van der Waals surface area contributed by atoms with Crippen LogP contribution in [-0.2, 0) is 133 Å². The molecule has 5 amide bonds. The van der Waals surface area contributed by atoms with Crippen molar-refractivity contribution in [2.75, 3.05) is 72.7 Å². The van der Waals surface area contributed by atoms with E-state index in [0.29, 0.717) is 0 Å². The first-order valence-corrected chi connectivity index (χ1v) is 47.0. The highest BCUT2D eigenvalue weighted by atomic mass is 16.8. The number of rotatable bonds is 38. The highest BCUT2D eigenvalue weighted by molar-refractivity contribution is 5.75. The molecular formula is C82H137N5O60. The SMILES string of the molecule is CC(=O)N[C@@H]1[C@@H](O)[C@H](O[C@@H]2O[C@H](CO)[C@@H](O[C@@H]3O[C@H](CO[C@H]4O[C@H](CO)[C@@H](O)[C@H](O)[C@@H]4O[C@@H]4O[C@H](CO)[C@@H](O[C@@H]5O[C@H](CO)[C@H](O)[C@H](O)[C@H]5O)[C@H](O)[C@H]4NC(C)=O)[C@@H](O[C@@H]4O[C@H](CO)[C@@H](O)[C@H](O)[C@H]4NC(C)=O)[C@H](O[C@H]4O[C@H](CO)[C@@H](O)[C@H](O)[C@@H]4O[C@@H]4O[C@H](CO)[C@@H](O[C@@H]5O[C@H](CO)[C@H](O)[C@H](O)[C@H]5O)[C@H](O[C@@H]5O[C@H](CO)[C@H](O)[C@H](O)[C@H]5O)[C@H]4NC(C)=O)[C@@H]3O)[C@H](O)[C@H]2NC(C)=O)[C@@H](CO[C@@H]2O[C@@H](C)[C@@H](O)[C@@H](O)[C@@H]2O)O[C@H]1O. The first kappa shape index (κ1) is 121. The second-order valence-corrected chi connectivity index (χ2v) is 37.3. The van der Waals surface area contributed by atoms with Crippen LogP contribution < -0.4 is 26.6 Å². The van der Waals surface area contributed by atoms with E-state index in [9.17, 15) is 187 Å². The molecular weight excluding hydrogens is 2010 g/mol. The molecule has 12 rings (SSSR count). The van der Waals surface area contributed by atoms with Gasteiger partial charge in [-0.05, 0) is 6.92 Å². The number of carbonyl (C=O) groups excluding carboxylic acids is 5. The molecule has 0 spiro atoms. The Kier molecular flexibility index (Phi) is 43.4. The Balaban J connectivity index is 0.983. The van der Waals surface area contributed by atoms with Crippen LogP contribution in [-0.4, -0.2) is 634 Å². The summed E-state index contributed by atoms with van der Waals surface area (Å²) in [5.41, 5.74) is 0. The molecule has 0 saturated carbocycles. The molecule has 65 heteroatoms. The third-order valence-corrected chi connectivity index (χ3v) is 27.0. The molecule has 12 saturated heterocycles. The molecule has 850 valence electrons. The third-order valence-electron chi connectivity index (χ3n) is 27.0. The van der Waals surface area contributed by atoms with E-state index in [-0.39, 0.29) is 0 Å². The Morgan fingerprint density at radius 3 is 0.837 bits per heavy atom. The van der Waals surface area contributed by atoms with Crippen molar-refractivity contribution in [2.24, 2.45) is 0 Å². The minimum Gasteiger partial charge on any atom is -0.394 e. The van der Waals surface area contributed by atoms with Crippen LogP contribution in [0.25, 0.3) is 0 Å². The van der Waals surface area contributed by atoms with Crippen molar-refractivity contribution in [1.29, 1.82) is 0 Å². The van der Waals surface area contributed by atoms with Crippen molar-refractivity contribution in [3.05, 3.63) is 0 Å². The largest absolute Gasteiger partial charge is 0.394 e. The van der Waals surface area contributed by atoms with E-state index in [1.54, 1.807) is 0 Å². The summed E-state index contributed by atoms with van der Waals surface area (Å²) in [6, 6.07) is -10.5. The van der Waals surface area contributed by atoms with Gasteiger partial charge >= 0.3 is 0 Å². The van der Waals surface area contributed by atoms with Crippen molar-refractivity contribution < 1.29 is 296 Å². The van der Waals surface area contributed by atoms with Crippen molar-refractivity contribution in [1.82, 2.24) is 26.6 Å². The summed E-state index contributed by atoms with van der Waals surface area (Å²) in [5.74, 6) is -5.22. The van der Waals surface area contributed by atoms with Gasteiger partial charge in [-0.3, -0.25) is 24.0 Å². The number of aliphatic hydroxyl groups is 32. The Hall–Kier alpha value is -4.85. The number of nitrogens with one attached hydrogen (secondary N) is 5. The van der Waals surface area contributed by atoms with Crippen LogP contribution in [0.2, 0.25) is 0 Å². The fourth-order valence-electron chi connectivity index (χ4n) is 19.1. The Morgan fingerprint density at radius 1 is 0.190 bits per heavy atom. The zero-order valence-corrected chi connectivity index (χ0v) is 79.2. The number of ether oxygens (including phenoxy) is 23. The molecule has 0 unspecified atom stereocenters. The molecule has 0 bridgehead atoms. The molecule has 0 radical (unpaired) electrons. The average Bonchev–Trinajstić information content (AvgIpc) is 0.763. The molecule has 12 aliphatic heterocycles. The summed E-state index contributed by atoms with van der Waals surface area (Å²) in [7, 11) is 0. The van der Waals surface area contributed by atoms with Crippen LogP contribution in [0.5, 0.6) is 0 Å². The standard InChI is InChI=1S/C82H137N5O60/c1-18-40(102)51(113)57(119)76(127-18)125-16-33-64(48(110)35(71(124)128-33)83-19(2)97)139-73-37(85-21(4)99)49(111)63(31(14-95)135-73)141-80-61(123)68(145-82-70(56(118)46(108)29(12-93)134-82)147-75-39(87-23(6)101)67(144-79-60(122)54(116)44(106)27(10-91)132-79)65(32(15-96)137-75)143-78-59(121)53(115)43(105)26(9-90)131-78)66(142-72-36(84-20(3)98)47(109)41(103)24(7-88)129-72)34(138-80)17-126-81-69(55(117)45(107)28(11-92)133-81)146-74-38(86-22(5)100)50(112)62(30(13-94)136-74)140-77-58(120)52(114)42(104)25(8-89)130-77/h18,24-82,88-96,102-124H,7-17H2,1-6H3,(H,83,97)(H,84,98)(H,85,99)(H,86,100)(H,87,101)/t18-,24+,25+,26+,27+,28+,29+,30+,31+,32+,33+,34+,35+,36+,37+,38+,39+,40+,41+,42-,43-,44-,45+,46+,47+,48+,49+,50+,51+,52-,53-,54-,55-,56-,57-,58+,59+,60+,61-,62+,63+,64+,65+,66+,67+,68+,69-,70-,71+,72-,73-,74-,75-,76+,77-,78-,79-,80-,81-,82+/m0/s1. The van der Waals surface area contributed by atoms with Gasteiger partial charge in [-0.15, -0.1) is 0 Å². The van der Waals surface area contributed by atoms with Crippen molar-refractivity contribution in [3.8, 4) is 0 Å². The lowest BCUT2D eigenvalue weighted by Gasteiger charge is -2.53. The van der Waals surface area contributed by atoms with E-state index in [4.69, 9.17) is 109 Å². The van der Waals surface area contributed by atoms with Gasteiger partial charge in [0.25, 0.3) is 0 Å². The topological polar surface area (TPSA) is 1010 Å². The van der Waals surface area contributed by atoms with Gasteiger partial charge in [-0.2, -0.15) is 0 Å². The number of aliphatic hydroxyl groups excluding tert-OH is 32. The lowest BCUT2D eigenvalue weighted by atomic mass is 9.93. The second-order valence-electron chi connectivity index (χ2n) is 37.3. The zero-order chi connectivity index (χ0) is 108. The summed E-state index contributed by atoms with van der Waals surface area (Å²) in [4.78, 5) is 66.8. The van der Waals surface area contributed by atoms with E-state index >= 15 is 0 Å². The van der Waals surface area contributed by atoms with E-state index in [1.807, 2.05) is 0 Å². The molecule has 12 heterocycles. The van der Waals surface area contributed by atoms with Gasteiger partial charge in [0.15, 0.2) is 75.5 Å². The van der Waals surface area contributed by atoms with E-state index in [1.165, 1.54) is 6.92 Å². The first-order chi connectivity index (χ1) is 69.5. The second kappa shape index (κ2) is 52.8. The number of carbonyl (C=O) groups is 5. The Bertz CT molecular complexity index is 4110. The maximum Gasteiger partial charge on any atom is 0.217 e. The summed E-state index contributed by atoms with van der Waals surface area (Å²) < 4.78 is 141. The fourth-order valence-corrected chi connectivity index (χ4v) is 19.1. The molecule has 12 fully saturated rings. The predicted octanol–water partition coefficient (Wildman–Crippen LogP) is -25.4. The number of hydrogen-bond acceptors (Lipinski definition) is 60. The van der Waals surface area contributed by atoms with Gasteiger partial charge < -0.3 is 299 Å². The van der Waals surface area contributed by atoms with Gasteiger partial charge in [0, 0.05) is 34.6 Å². The van der Waals surface area contributed by atoms with Crippen LogP contribution in [0.15, 0.2) is 0 Å². The van der Waals surface area contributed by atoms with E-state index in [2.05, 4.69) is 26.6 Å². The molecule has 147 heavy (non-hydrogen) atoms. The normalized spacial score (nSPS) is 49.6. The lowest BCUT2D eigenvalue weighted by molar-refractivity contribution is -0.411. The average molecular weight is 2150 g/mol. The minimum absolute atomic E-state index is 0.831. The summed E-state index contributed by atoms with van der Waals surface area (Å²) in [6.45, 7) is -7.83. The molecule has 12 aliphatic rings. The summed E-state index contributed by atoms with van der Waals surface area (Å²) in [6.07, 6.45) is -123. The Morgan fingerprint density at radius 2 is 0.429 bits per heavy atom. The number of amides is 5. The minimum atomic E-state index is -2.91. The summed E-state index contributed by atoms with van der Waals surface area (Å²) >= 11 is 0. The lowest BCUT2D eigenvalue weighted by Crippen LogP contribution is -2.72. The van der Waals surface area contributed by atoms with Crippen LogP contribution >= 0.6 is 0 Å². The molecule has 0 aliphatic carbocycles. The Labute approximate surface area is 832 Å². The molecule has 37 N–H and O–H groups in total. The molecule has 0 aromatic heterocycles. The highest BCUT2D eigenvalue weighted by Crippen LogP contribution is 2.44. The zero-order valence-electron chi connectivity index (χ0n) is 79.2. The number of hydrogen-bond donors (Lipinski definition) is 37. The van der Waals surface area contributed by atoms with Crippen molar-refractivity contribution >= 4 is 29.5 Å². The van der Waals surface area contributed by atoms with Gasteiger partial charge in [0.2, 0.25) is 29.5 Å². The van der Waals surface area contributed by atoms with Crippen LogP contribution in [0.4, 0.5) is 0 Å². The smallest absolute Gasteiger partial charge is 0.217 e. The first-order valence-electron chi connectivity index (χ1n) is 47.0. The van der Waals surface area contributed by atoms with Gasteiger partial charge in [-0.25, -0.2) is 0 Å². The molecule has 60 atom stereocenters. The molecule has 0 aromatic rings. The maximum atomic E-state index is 13.9. The maximum absolute atomic E-state index is 13.9. The van der Waals surface area contributed by atoms with Crippen molar-refractivity contribution in [2.45, 2.75) is 410 Å². The summed E-state index contributed by atoms with van der Waals surface area (Å²) in [5, 5.41) is 375. The van der Waals surface area contributed by atoms with Crippen molar-refractivity contribution in [3.63, 3.8) is 0 Å². The van der Waals surface area contributed by atoms with Gasteiger partial charge in [-0.1, -0.05) is 0 Å². The third kappa shape index (κ3) is 26.8. The highest BCUT2D eigenvalue weighted by Gasteiger charge is 2.65. The van der Waals surface area contributed by atoms with Crippen LogP contribution in [0.1, 0.15) is 41.5 Å². The predicted molar refractivity (Wildman–Crippen MR) is 452 cm³/mol. The monoisotopic (exact) mass is 2150 g/mol. The molecule has 0 aromatic carbocycles. The van der Waals surface area contributed by atoms with E-state index in [0.717, 1.165) is 34.6 Å². The quantitative estimate of drug-likeness (QED) is 0.0273. The van der Waals surface area contributed by atoms with Crippen LogP contribution in [0, 0.1) is 0 Å². The van der Waals surface area contributed by atoms with Crippen LogP contribution in [0.3, 0.4) is 0 Å². The van der Waals surface area contributed by atoms with E-state index < -0.39 is 470 Å². The van der Waals surface area contributed by atoms with Gasteiger partial charge in [0.1, 0.15) is 287 Å². The molecule has 65 nitrogen and oxygen atoms in total.